The van der Waals surface area contributed by atoms with Crippen LogP contribution in [0.3, 0.4) is 0 Å². The lowest BCUT2D eigenvalue weighted by atomic mass is 9.92. The van der Waals surface area contributed by atoms with Crippen molar-refractivity contribution in [1.29, 1.82) is 5.26 Å². The van der Waals surface area contributed by atoms with Crippen LogP contribution < -0.4 is 15.4 Å². The summed E-state index contributed by atoms with van der Waals surface area (Å²) in [4.78, 5) is 28.0. The van der Waals surface area contributed by atoms with Crippen LogP contribution in [0.4, 0.5) is 37.2 Å². The summed E-state index contributed by atoms with van der Waals surface area (Å²) in [5, 5.41) is 9.32. The first-order valence-corrected chi connectivity index (χ1v) is 19.2. The van der Waals surface area contributed by atoms with E-state index in [1.807, 2.05) is 22.8 Å². The minimum atomic E-state index is -5.11. The topological polar surface area (TPSA) is 112 Å². The van der Waals surface area contributed by atoms with Crippen LogP contribution in [-0.4, -0.2) is 82.8 Å². The van der Waals surface area contributed by atoms with Crippen LogP contribution in [0, 0.1) is 34.3 Å². The SMILES string of the molecule is CCN(c1nc(OCC23CCCN2CC(F)C3)nc2c(F)c(-c3ccc(F)c4sc(N)c(C#N)c34)c(C(F)(F)F)cc12)C1CCN(C(=O)C2CC23CC3)C1. The van der Waals surface area contributed by atoms with Gasteiger partial charge in [0.15, 0.2) is 5.82 Å². The van der Waals surface area contributed by atoms with Crippen LogP contribution in [0.25, 0.3) is 32.1 Å². The Hall–Kier alpha value is -4.36. The summed E-state index contributed by atoms with van der Waals surface area (Å²) in [6.45, 7) is 3.81. The molecule has 4 atom stereocenters. The second-order valence-corrected chi connectivity index (χ2v) is 16.6. The number of ether oxygens (including phenoxy) is 1. The number of carbonyl (C=O) groups is 1. The molecule has 9 nitrogen and oxygen atoms in total. The fraction of sp³-hybridized carbons (Fsp3) is 0.526. The van der Waals surface area contributed by atoms with Crippen molar-refractivity contribution < 1.29 is 35.9 Å². The molecule has 2 aliphatic carbocycles. The maximum atomic E-state index is 17.3. The molecule has 5 aliphatic rings. The zero-order valence-corrected chi connectivity index (χ0v) is 30.2. The number of nitrogens with two attached hydrogens (primary N) is 1. The Labute approximate surface area is 310 Å². The lowest BCUT2D eigenvalue weighted by Crippen LogP contribution is -2.43. The van der Waals surface area contributed by atoms with Crippen molar-refractivity contribution in [3.63, 3.8) is 0 Å². The van der Waals surface area contributed by atoms with E-state index in [-0.39, 0.29) is 92.8 Å². The van der Waals surface area contributed by atoms with Gasteiger partial charge in [0.25, 0.3) is 0 Å². The molecular weight excluding hydrogens is 733 g/mol. The van der Waals surface area contributed by atoms with Gasteiger partial charge in [-0.15, -0.1) is 11.3 Å². The van der Waals surface area contributed by atoms with E-state index in [0.29, 0.717) is 43.8 Å². The van der Waals surface area contributed by atoms with Gasteiger partial charge in [-0.3, -0.25) is 9.69 Å². The smallest absolute Gasteiger partial charge is 0.417 e. The third-order valence-electron chi connectivity index (χ3n) is 12.5. The van der Waals surface area contributed by atoms with Gasteiger partial charge in [0, 0.05) is 60.9 Å². The number of likely N-dealkylation sites (tertiary alicyclic amines) is 1. The van der Waals surface area contributed by atoms with E-state index < -0.39 is 46.2 Å². The van der Waals surface area contributed by atoms with Crippen molar-refractivity contribution in [2.75, 3.05) is 50.0 Å². The van der Waals surface area contributed by atoms with Gasteiger partial charge in [-0.05, 0) is 75.1 Å². The number of nitriles is 1. The highest BCUT2D eigenvalue weighted by atomic mass is 32.1. The number of carbonyl (C=O) groups excluding carboxylic acids is 1. The maximum absolute atomic E-state index is 17.3. The molecule has 2 saturated carbocycles. The molecular formula is C38H37F6N7O2S. The Balaban J connectivity index is 1.20. The van der Waals surface area contributed by atoms with E-state index >= 15 is 22.0 Å². The number of hydrogen-bond acceptors (Lipinski definition) is 9. The molecule has 0 bridgehead atoms. The van der Waals surface area contributed by atoms with Gasteiger partial charge < -0.3 is 20.3 Å². The molecule has 5 heterocycles. The van der Waals surface area contributed by atoms with E-state index in [9.17, 15) is 14.4 Å². The number of rotatable bonds is 8. The van der Waals surface area contributed by atoms with Crippen LogP contribution in [0.5, 0.6) is 6.01 Å². The Morgan fingerprint density at radius 3 is 2.67 bits per heavy atom. The molecule has 16 heteroatoms. The highest BCUT2D eigenvalue weighted by molar-refractivity contribution is 7.23. The number of halogens is 6. The molecule has 2 N–H and O–H groups in total. The molecule has 3 aliphatic heterocycles. The third-order valence-corrected chi connectivity index (χ3v) is 13.6. The minimum absolute atomic E-state index is 0.00720. The van der Waals surface area contributed by atoms with E-state index in [1.165, 1.54) is 0 Å². The zero-order chi connectivity index (χ0) is 37.9. The molecule has 9 rings (SSSR count). The summed E-state index contributed by atoms with van der Waals surface area (Å²) >= 11 is 0.690. The van der Waals surface area contributed by atoms with E-state index in [4.69, 9.17) is 10.5 Å². The normalized spacial score (nSPS) is 25.8. The molecule has 0 radical (unpaired) electrons. The number of amides is 1. The largest absolute Gasteiger partial charge is 0.461 e. The van der Waals surface area contributed by atoms with Gasteiger partial charge in [0.2, 0.25) is 5.91 Å². The average Bonchev–Trinajstić information content (AvgIpc) is 3.77. The lowest BCUT2D eigenvalue weighted by Gasteiger charge is -2.32. The number of benzene rings is 2. The molecule has 284 valence electrons. The van der Waals surface area contributed by atoms with Crippen molar-refractivity contribution >= 4 is 49.1 Å². The van der Waals surface area contributed by atoms with Gasteiger partial charge >= 0.3 is 12.2 Å². The standard InChI is InChI=1S/C38H37F6N7O2S/c1-2-51(20-6-11-49(17-20)34(52)25-14-36(25)8-9-36)33-22-12-24(38(42,43)44)28(21-4-5-26(40)31-27(21)23(15-45)32(46)54-31)29(41)30(22)47-35(48-33)53-18-37-7-3-10-50(37)16-19(39)13-37/h4-5,12,19-20,25H,2-3,6-11,13-14,16-18,46H2,1H3. The number of thiophene rings is 1. The number of anilines is 2. The predicted molar refractivity (Wildman–Crippen MR) is 191 cm³/mol. The van der Waals surface area contributed by atoms with Crippen LogP contribution in [-0.2, 0) is 11.0 Å². The molecule has 2 aromatic heterocycles. The predicted octanol–water partition coefficient (Wildman–Crippen LogP) is 7.44. The molecule has 54 heavy (non-hydrogen) atoms. The van der Waals surface area contributed by atoms with Gasteiger partial charge in [-0.1, -0.05) is 6.07 Å². The summed E-state index contributed by atoms with van der Waals surface area (Å²) in [7, 11) is 0. The quantitative estimate of drug-likeness (QED) is 0.184. The first-order chi connectivity index (χ1) is 25.8. The Morgan fingerprint density at radius 1 is 1.17 bits per heavy atom. The number of aromatic nitrogens is 2. The average molecular weight is 770 g/mol. The number of hydrogen-bond donors (Lipinski definition) is 1. The van der Waals surface area contributed by atoms with Crippen LogP contribution in [0.1, 0.15) is 63.0 Å². The zero-order valence-electron chi connectivity index (χ0n) is 29.4. The van der Waals surface area contributed by atoms with Crippen molar-refractivity contribution in [1.82, 2.24) is 19.8 Å². The van der Waals surface area contributed by atoms with Crippen molar-refractivity contribution in [2.45, 2.75) is 75.8 Å². The van der Waals surface area contributed by atoms with E-state index in [2.05, 4.69) is 9.97 Å². The Morgan fingerprint density at radius 2 is 1.96 bits per heavy atom. The summed E-state index contributed by atoms with van der Waals surface area (Å²) in [5.74, 6) is -2.06. The van der Waals surface area contributed by atoms with Crippen molar-refractivity contribution in [3.8, 4) is 23.2 Å². The molecule has 5 fully saturated rings. The fourth-order valence-electron chi connectivity index (χ4n) is 9.53. The van der Waals surface area contributed by atoms with Gasteiger partial charge in [-0.25, -0.2) is 13.2 Å². The molecule has 4 aromatic rings. The lowest BCUT2D eigenvalue weighted by molar-refractivity contribution is -0.137. The van der Waals surface area contributed by atoms with Crippen LogP contribution in [0.2, 0.25) is 0 Å². The van der Waals surface area contributed by atoms with E-state index in [0.717, 1.165) is 43.9 Å². The molecule has 1 amide bonds. The van der Waals surface area contributed by atoms with Crippen molar-refractivity contribution in [3.05, 3.63) is 41.0 Å². The highest BCUT2D eigenvalue weighted by Gasteiger charge is 2.66. The monoisotopic (exact) mass is 769 g/mol. The first kappa shape index (κ1) is 35.3. The van der Waals surface area contributed by atoms with Gasteiger partial charge in [0.1, 0.15) is 41.0 Å². The Bertz CT molecular complexity index is 2270. The summed E-state index contributed by atoms with van der Waals surface area (Å²) in [6.07, 6.45) is -0.896. The maximum Gasteiger partial charge on any atom is 0.417 e. The summed E-state index contributed by atoms with van der Waals surface area (Å²) < 4.78 is 98.4. The highest BCUT2D eigenvalue weighted by Crippen LogP contribution is 2.71. The number of nitrogen functional groups attached to an aromatic ring is 1. The molecule has 2 aromatic carbocycles. The Kier molecular flexibility index (Phi) is 8.07. The fourth-order valence-corrected chi connectivity index (χ4v) is 10.5. The number of likely N-dealkylation sites (N-methyl/N-ethyl adjacent to an activating group) is 1. The molecule has 4 unspecified atom stereocenters. The number of alkyl halides is 4. The van der Waals surface area contributed by atoms with Crippen LogP contribution in [0.15, 0.2) is 18.2 Å². The summed E-state index contributed by atoms with van der Waals surface area (Å²) in [5.41, 5.74) is 2.16. The summed E-state index contributed by atoms with van der Waals surface area (Å²) in [6, 6.07) is 3.94. The van der Waals surface area contributed by atoms with Crippen molar-refractivity contribution in [2.24, 2.45) is 11.3 Å². The molecule has 3 saturated heterocycles. The first-order valence-electron chi connectivity index (χ1n) is 18.4. The second-order valence-electron chi connectivity index (χ2n) is 15.6. The van der Waals surface area contributed by atoms with Gasteiger partial charge in [-0.2, -0.15) is 28.4 Å². The van der Waals surface area contributed by atoms with Crippen LogP contribution >= 0.6 is 11.3 Å². The molecule has 1 spiro atoms. The third kappa shape index (κ3) is 5.47. The number of nitrogens with zero attached hydrogens (tertiary/aromatic N) is 6. The number of fused-ring (bicyclic) bond motifs is 3. The second kappa shape index (κ2) is 12.3. The minimum Gasteiger partial charge on any atom is -0.461 e. The van der Waals surface area contributed by atoms with Gasteiger partial charge in [0.05, 0.1) is 21.4 Å². The van der Waals surface area contributed by atoms with E-state index in [1.54, 1.807) is 4.90 Å².